The van der Waals surface area contributed by atoms with Gasteiger partial charge in [-0.1, -0.05) is 35.4 Å². The first-order valence-electron chi connectivity index (χ1n) is 11.2. The van der Waals surface area contributed by atoms with Crippen LogP contribution in [0.15, 0.2) is 73.1 Å². The van der Waals surface area contributed by atoms with Crippen LogP contribution < -0.4 is 9.47 Å². The van der Waals surface area contributed by atoms with E-state index in [0.29, 0.717) is 24.1 Å². The summed E-state index contributed by atoms with van der Waals surface area (Å²) in [5, 5.41) is 11.3. The van der Waals surface area contributed by atoms with Crippen LogP contribution in [-0.2, 0) is 4.74 Å². The lowest BCUT2D eigenvalue weighted by atomic mass is 10.1. The smallest absolute Gasteiger partial charge is 0.271 e. The van der Waals surface area contributed by atoms with E-state index in [1.807, 2.05) is 66.9 Å². The molecule has 4 aromatic rings. The normalized spacial score (nSPS) is 19.9. The van der Waals surface area contributed by atoms with Crippen LogP contribution in [0.1, 0.15) is 23.8 Å². The molecule has 0 N–H and O–H groups in total. The number of hydrogen-bond acceptors (Lipinski definition) is 6. The summed E-state index contributed by atoms with van der Waals surface area (Å²) in [5.41, 5.74) is 3.64. The lowest BCUT2D eigenvalue weighted by molar-refractivity contribution is -0.384. The first-order chi connectivity index (χ1) is 16.5. The van der Waals surface area contributed by atoms with E-state index in [0.717, 1.165) is 22.6 Å². The van der Waals surface area contributed by atoms with Gasteiger partial charge in [-0.05, 0) is 44.2 Å². The third kappa shape index (κ3) is 4.58. The molecule has 1 saturated heterocycles. The van der Waals surface area contributed by atoms with Crippen LogP contribution >= 0.6 is 0 Å². The maximum Gasteiger partial charge on any atom is 0.271 e. The number of ether oxygens (including phenoxy) is 3. The van der Waals surface area contributed by atoms with Gasteiger partial charge in [-0.25, -0.2) is 4.98 Å². The SMILES string of the molecule is Cc1ccc(OC[C@H]2O[C@@H](n3cnc4ccc([N+](=O)[O-])cc43)C[C@@H]2Oc2ccc(C)cc2)cc1. The highest BCUT2D eigenvalue weighted by Crippen LogP contribution is 2.35. The number of aryl methyl sites for hydroxylation is 2. The van der Waals surface area contributed by atoms with Gasteiger partial charge >= 0.3 is 0 Å². The molecule has 0 saturated carbocycles. The zero-order chi connectivity index (χ0) is 23.7. The molecule has 3 aromatic carbocycles. The minimum atomic E-state index is -0.409. The second-order valence-electron chi connectivity index (χ2n) is 8.54. The van der Waals surface area contributed by atoms with E-state index in [1.165, 1.54) is 12.1 Å². The summed E-state index contributed by atoms with van der Waals surface area (Å²) in [4.78, 5) is 15.3. The Kier molecular flexibility index (Phi) is 5.90. The van der Waals surface area contributed by atoms with Gasteiger partial charge in [-0.2, -0.15) is 0 Å². The first-order valence-corrected chi connectivity index (χ1v) is 11.2. The summed E-state index contributed by atoms with van der Waals surface area (Å²) in [7, 11) is 0. The molecule has 1 fully saturated rings. The summed E-state index contributed by atoms with van der Waals surface area (Å²) in [5.74, 6) is 1.52. The maximum atomic E-state index is 11.3. The topological polar surface area (TPSA) is 88.7 Å². The Morgan fingerprint density at radius 2 is 1.71 bits per heavy atom. The molecule has 1 aromatic heterocycles. The summed E-state index contributed by atoms with van der Waals surface area (Å²) in [6.07, 6.45) is 1.20. The maximum absolute atomic E-state index is 11.3. The second kappa shape index (κ2) is 9.15. The number of rotatable bonds is 7. The predicted octanol–water partition coefficient (Wildman–Crippen LogP) is 5.38. The Labute approximate surface area is 196 Å². The number of non-ortho nitro benzene ring substituents is 1. The van der Waals surface area contributed by atoms with E-state index in [2.05, 4.69) is 4.98 Å². The fourth-order valence-electron chi connectivity index (χ4n) is 4.11. The van der Waals surface area contributed by atoms with Crippen molar-refractivity contribution in [3.05, 3.63) is 94.3 Å². The van der Waals surface area contributed by atoms with Gasteiger partial charge in [-0.3, -0.25) is 10.1 Å². The molecule has 3 atom stereocenters. The number of benzene rings is 3. The minimum absolute atomic E-state index is 0.0129. The molecule has 0 aliphatic carbocycles. The van der Waals surface area contributed by atoms with Crippen molar-refractivity contribution in [3.63, 3.8) is 0 Å². The van der Waals surface area contributed by atoms with Crippen LogP contribution in [0.4, 0.5) is 5.69 Å². The van der Waals surface area contributed by atoms with E-state index >= 15 is 0 Å². The van der Waals surface area contributed by atoms with Crippen LogP contribution in [0, 0.1) is 24.0 Å². The molecule has 0 radical (unpaired) electrons. The van der Waals surface area contributed by atoms with E-state index in [4.69, 9.17) is 14.2 Å². The zero-order valence-corrected chi connectivity index (χ0v) is 19.0. The molecule has 0 unspecified atom stereocenters. The average Bonchev–Trinajstić information content (AvgIpc) is 3.43. The quantitative estimate of drug-likeness (QED) is 0.272. The largest absolute Gasteiger partial charge is 0.491 e. The van der Waals surface area contributed by atoms with Gasteiger partial charge in [0.1, 0.15) is 36.5 Å². The summed E-state index contributed by atoms with van der Waals surface area (Å²) < 4.78 is 20.5. The van der Waals surface area contributed by atoms with Gasteiger partial charge in [0.25, 0.3) is 5.69 Å². The number of aromatic nitrogens is 2. The number of nitrogens with zero attached hydrogens (tertiary/aromatic N) is 3. The highest BCUT2D eigenvalue weighted by atomic mass is 16.6. The summed E-state index contributed by atoms with van der Waals surface area (Å²) in [6.45, 7) is 4.36. The summed E-state index contributed by atoms with van der Waals surface area (Å²) >= 11 is 0. The summed E-state index contributed by atoms with van der Waals surface area (Å²) in [6, 6.07) is 20.4. The second-order valence-corrected chi connectivity index (χ2v) is 8.54. The number of nitro groups is 1. The molecule has 2 heterocycles. The van der Waals surface area contributed by atoms with Crippen LogP contribution in [0.25, 0.3) is 11.0 Å². The van der Waals surface area contributed by atoms with Crippen LogP contribution in [0.3, 0.4) is 0 Å². The van der Waals surface area contributed by atoms with E-state index in [-0.39, 0.29) is 17.9 Å². The van der Waals surface area contributed by atoms with Gasteiger partial charge in [0.15, 0.2) is 0 Å². The lowest BCUT2D eigenvalue weighted by Gasteiger charge is -2.20. The Balaban J connectivity index is 1.40. The third-order valence-electron chi connectivity index (χ3n) is 6.00. The average molecular weight is 460 g/mol. The lowest BCUT2D eigenvalue weighted by Crippen LogP contribution is -2.32. The fourth-order valence-corrected chi connectivity index (χ4v) is 4.11. The van der Waals surface area contributed by atoms with Crippen molar-refractivity contribution in [2.24, 2.45) is 0 Å². The molecule has 0 amide bonds. The molecule has 5 rings (SSSR count). The van der Waals surface area contributed by atoms with E-state index in [9.17, 15) is 10.1 Å². The molecule has 34 heavy (non-hydrogen) atoms. The number of fused-ring (bicyclic) bond motifs is 1. The molecular weight excluding hydrogens is 434 g/mol. The molecule has 1 aliphatic rings. The van der Waals surface area contributed by atoms with Gasteiger partial charge in [-0.15, -0.1) is 0 Å². The van der Waals surface area contributed by atoms with Crippen molar-refractivity contribution in [3.8, 4) is 11.5 Å². The van der Waals surface area contributed by atoms with E-state index in [1.54, 1.807) is 12.4 Å². The van der Waals surface area contributed by atoms with Crippen molar-refractivity contribution in [2.45, 2.75) is 38.7 Å². The van der Waals surface area contributed by atoms with Gasteiger partial charge in [0.2, 0.25) is 0 Å². The van der Waals surface area contributed by atoms with Crippen LogP contribution in [-0.4, -0.2) is 33.3 Å². The standard InChI is InChI=1S/C26H25N3O5/c1-17-3-8-20(9-4-17)32-15-25-24(33-21-10-5-18(2)6-11-21)14-26(34-25)28-16-27-22-12-7-19(29(30)31)13-23(22)28/h3-13,16,24-26H,14-15H2,1-2H3/t24-,25+,26+/m0/s1. The van der Waals surface area contributed by atoms with Gasteiger partial charge in [0, 0.05) is 18.6 Å². The molecule has 1 aliphatic heterocycles. The number of hydrogen-bond donors (Lipinski definition) is 0. The molecule has 174 valence electrons. The highest BCUT2D eigenvalue weighted by molar-refractivity contribution is 5.78. The van der Waals surface area contributed by atoms with Gasteiger partial charge in [0.05, 0.1) is 22.3 Å². The zero-order valence-electron chi connectivity index (χ0n) is 19.0. The van der Waals surface area contributed by atoms with Crippen molar-refractivity contribution in [2.75, 3.05) is 6.61 Å². The highest BCUT2D eigenvalue weighted by Gasteiger charge is 2.39. The number of nitro benzene ring substituents is 1. The Morgan fingerprint density at radius 1 is 1.03 bits per heavy atom. The van der Waals surface area contributed by atoms with Crippen molar-refractivity contribution in [1.29, 1.82) is 0 Å². The Bertz CT molecular complexity index is 1300. The Morgan fingerprint density at radius 3 is 2.38 bits per heavy atom. The first kappa shape index (κ1) is 21.9. The third-order valence-corrected chi connectivity index (χ3v) is 6.00. The minimum Gasteiger partial charge on any atom is -0.491 e. The van der Waals surface area contributed by atoms with Crippen molar-refractivity contribution in [1.82, 2.24) is 9.55 Å². The fraction of sp³-hybridized carbons (Fsp3) is 0.269. The predicted molar refractivity (Wildman–Crippen MR) is 127 cm³/mol. The van der Waals surface area contributed by atoms with Crippen molar-refractivity contribution < 1.29 is 19.1 Å². The molecule has 0 spiro atoms. The molecule has 8 nitrogen and oxygen atoms in total. The molecule has 0 bridgehead atoms. The van der Waals surface area contributed by atoms with Crippen molar-refractivity contribution >= 4 is 16.7 Å². The monoisotopic (exact) mass is 459 g/mol. The number of imidazole rings is 1. The van der Waals surface area contributed by atoms with Crippen LogP contribution in [0.2, 0.25) is 0 Å². The van der Waals surface area contributed by atoms with Crippen LogP contribution in [0.5, 0.6) is 11.5 Å². The van der Waals surface area contributed by atoms with E-state index < -0.39 is 11.2 Å². The molecule has 8 heteroatoms. The Hall–Kier alpha value is -3.91. The van der Waals surface area contributed by atoms with Gasteiger partial charge < -0.3 is 18.8 Å². The molecular formula is C26H25N3O5.